The van der Waals surface area contributed by atoms with E-state index in [1.807, 2.05) is 47.6 Å². The lowest BCUT2D eigenvalue weighted by atomic mass is 9.98. The largest absolute Gasteiger partial charge is 0.465 e. The lowest BCUT2D eigenvalue weighted by molar-refractivity contribution is 0.0607. The van der Waals surface area contributed by atoms with Crippen LogP contribution in [0, 0.1) is 17.3 Å². The Bertz CT molecular complexity index is 834. The first-order chi connectivity index (χ1) is 12.1. The first-order valence-electron chi connectivity index (χ1n) is 8.46. The van der Waals surface area contributed by atoms with Gasteiger partial charge in [0.15, 0.2) is 5.82 Å². The SMILES string of the molecule is COC(=O)c1sc(C#CC(C)(C)C)cc1NC(C)c1nc(C(C)C)no1. The van der Waals surface area contributed by atoms with E-state index in [1.165, 1.54) is 18.4 Å². The molecule has 1 N–H and O–H groups in total. The fourth-order valence-electron chi connectivity index (χ4n) is 2.01. The second-order valence-corrected chi connectivity index (χ2v) is 8.41. The number of aromatic nitrogens is 2. The number of nitrogens with one attached hydrogen (secondary N) is 1. The predicted octanol–water partition coefficient (Wildman–Crippen LogP) is 4.61. The van der Waals surface area contributed by atoms with Gasteiger partial charge in [-0.15, -0.1) is 11.3 Å². The number of carbonyl (C=O) groups excluding carboxylic acids is 1. The number of ether oxygens (including phenoxy) is 1. The van der Waals surface area contributed by atoms with Gasteiger partial charge in [0.05, 0.1) is 17.7 Å². The Hall–Kier alpha value is -2.33. The molecule has 0 amide bonds. The third-order valence-corrected chi connectivity index (χ3v) is 4.41. The van der Waals surface area contributed by atoms with Crippen LogP contribution in [0.2, 0.25) is 0 Å². The minimum Gasteiger partial charge on any atom is -0.465 e. The maximum absolute atomic E-state index is 12.1. The van der Waals surface area contributed by atoms with E-state index < -0.39 is 5.97 Å². The van der Waals surface area contributed by atoms with Gasteiger partial charge in [0.25, 0.3) is 0 Å². The maximum atomic E-state index is 12.1. The first-order valence-corrected chi connectivity index (χ1v) is 9.27. The van der Waals surface area contributed by atoms with Gasteiger partial charge in [-0.05, 0) is 33.8 Å². The highest BCUT2D eigenvalue weighted by Crippen LogP contribution is 2.31. The summed E-state index contributed by atoms with van der Waals surface area (Å²) in [4.78, 5) is 17.8. The molecule has 0 fully saturated rings. The summed E-state index contributed by atoms with van der Waals surface area (Å²) in [5.41, 5.74) is 0.532. The van der Waals surface area contributed by atoms with E-state index in [2.05, 4.69) is 27.3 Å². The highest BCUT2D eigenvalue weighted by atomic mass is 32.1. The summed E-state index contributed by atoms with van der Waals surface area (Å²) >= 11 is 1.30. The molecule has 0 bridgehead atoms. The third kappa shape index (κ3) is 5.09. The van der Waals surface area contributed by atoms with Crippen molar-refractivity contribution < 1.29 is 14.1 Å². The number of rotatable bonds is 5. The van der Waals surface area contributed by atoms with Gasteiger partial charge in [0.2, 0.25) is 5.89 Å². The standard InChI is InChI=1S/C19H25N3O3S/c1-11(2)16-21-17(25-22-16)12(3)20-14-10-13(8-9-19(4,5)6)26-15(14)18(23)24-7/h10-12,20H,1-7H3. The molecule has 2 aromatic rings. The van der Waals surface area contributed by atoms with Gasteiger partial charge in [-0.1, -0.05) is 30.8 Å². The van der Waals surface area contributed by atoms with E-state index in [9.17, 15) is 4.79 Å². The van der Waals surface area contributed by atoms with Crippen LogP contribution in [0.4, 0.5) is 5.69 Å². The molecule has 2 aromatic heterocycles. The Morgan fingerprint density at radius 3 is 2.58 bits per heavy atom. The number of hydrogen-bond acceptors (Lipinski definition) is 7. The van der Waals surface area contributed by atoms with Gasteiger partial charge in [-0.25, -0.2) is 4.79 Å². The molecule has 0 saturated heterocycles. The summed E-state index contributed by atoms with van der Waals surface area (Å²) in [6.07, 6.45) is 0. The summed E-state index contributed by atoms with van der Waals surface area (Å²) < 4.78 is 10.2. The molecule has 2 rings (SSSR count). The Morgan fingerprint density at radius 2 is 2.04 bits per heavy atom. The summed E-state index contributed by atoms with van der Waals surface area (Å²) in [5.74, 6) is 7.21. The van der Waals surface area contributed by atoms with E-state index in [4.69, 9.17) is 9.26 Å². The Kier molecular flexibility index (Phi) is 6.09. The fraction of sp³-hybridized carbons (Fsp3) is 0.526. The molecule has 0 aromatic carbocycles. The minimum absolute atomic E-state index is 0.118. The van der Waals surface area contributed by atoms with E-state index >= 15 is 0 Å². The second-order valence-electron chi connectivity index (χ2n) is 7.36. The summed E-state index contributed by atoms with van der Waals surface area (Å²) in [6.45, 7) is 12.0. The van der Waals surface area contributed by atoms with Crippen molar-refractivity contribution in [1.29, 1.82) is 0 Å². The van der Waals surface area contributed by atoms with Crippen LogP contribution in [0.25, 0.3) is 0 Å². The van der Waals surface area contributed by atoms with Crippen LogP contribution in [-0.4, -0.2) is 23.2 Å². The summed E-state index contributed by atoms with van der Waals surface area (Å²) in [7, 11) is 1.36. The van der Waals surface area contributed by atoms with Gasteiger partial charge in [-0.3, -0.25) is 0 Å². The van der Waals surface area contributed by atoms with Gasteiger partial charge in [0.1, 0.15) is 10.9 Å². The first kappa shape index (κ1) is 20.0. The van der Waals surface area contributed by atoms with Crippen LogP contribution in [0.3, 0.4) is 0 Å². The normalized spacial score (nSPS) is 12.5. The molecule has 0 saturated carbocycles. The van der Waals surface area contributed by atoms with Crippen LogP contribution < -0.4 is 5.32 Å². The zero-order valence-electron chi connectivity index (χ0n) is 16.3. The van der Waals surface area contributed by atoms with Crippen molar-refractivity contribution in [3.05, 3.63) is 27.5 Å². The van der Waals surface area contributed by atoms with Crippen molar-refractivity contribution in [2.45, 2.75) is 53.5 Å². The van der Waals surface area contributed by atoms with E-state index in [1.54, 1.807) is 0 Å². The molecule has 0 aliphatic carbocycles. The Morgan fingerprint density at radius 1 is 1.35 bits per heavy atom. The summed E-state index contributed by atoms with van der Waals surface area (Å²) in [6, 6.07) is 1.60. The van der Waals surface area contributed by atoms with Gasteiger partial charge in [-0.2, -0.15) is 4.98 Å². The quantitative estimate of drug-likeness (QED) is 0.607. The molecule has 0 spiro atoms. The van der Waals surface area contributed by atoms with E-state index in [0.29, 0.717) is 22.3 Å². The molecule has 0 aliphatic rings. The Labute approximate surface area is 158 Å². The van der Waals surface area contributed by atoms with Crippen molar-refractivity contribution in [1.82, 2.24) is 10.1 Å². The van der Waals surface area contributed by atoms with Crippen LogP contribution in [0.1, 0.15) is 79.8 Å². The smallest absolute Gasteiger partial charge is 0.350 e. The molecule has 6 nitrogen and oxygen atoms in total. The molecule has 1 unspecified atom stereocenters. The second kappa shape index (κ2) is 7.92. The Balaban J connectivity index is 2.29. The number of hydrogen-bond donors (Lipinski definition) is 1. The zero-order valence-corrected chi connectivity index (χ0v) is 17.1. The molecule has 0 radical (unpaired) electrons. The number of anilines is 1. The number of thiophene rings is 1. The van der Waals surface area contributed by atoms with Gasteiger partial charge in [0, 0.05) is 11.3 Å². The number of esters is 1. The minimum atomic E-state index is -0.401. The molecule has 140 valence electrons. The van der Waals surface area contributed by atoms with Crippen LogP contribution in [0.5, 0.6) is 0 Å². The topological polar surface area (TPSA) is 77.2 Å². The highest BCUT2D eigenvalue weighted by Gasteiger charge is 2.21. The lowest BCUT2D eigenvalue weighted by Crippen LogP contribution is -2.10. The monoisotopic (exact) mass is 375 g/mol. The predicted molar refractivity (Wildman–Crippen MR) is 102 cm³/mol. The zero-order chi connectivity index (χ0) is 19.5. The average molecular weight is 375 g/mol. The van der Waals surface area contributed by atoms with Crippen LogP contribution in [-0.2, 0) is 4.74 Å². The van der Waals surface area contributed by atoms with E-state index in [0.717, 1.165) is 4.88 Å². The fourth-order valence-corrected chi connectivity index (χ4v) is 2.90. The average Bonchev–Trinajstić information content (AvgIpc) is 3.18. The molecule has 7 heteroatoms. The molecule has 2 heterocycles. The molecule has 1 atom stereocenters. The van der Waals surface area contributed by atoms with Crippen molar-refractivity contribution in [2.75, 3.05) is 12.4 Å². The molecule has 26 heavy (non-hydrogen) atoms. The van der Waals surface area contributed by atoms with Crippen molar-refractivity contribution >= 4 is 23.0 Å². The third-order valence-electron chi connectivity index (χ3n) is 3.38. The highest BCUT2D eigenvalue weighted by molar-refractivity contribution is 7.15. The van der Waals surface area contributed by atoms with E-state index in [-0.39, 0.29) is 17.4 Å². The van der Waals surface area contributed by atoms with Crippen molar-refractivity contribution in [3.8, 4) is 11.8 Å². The van der Waals surface area contributed by atoms with Crippen LogP contribution >= 0.6 is 11.3 Å². The summed E-state index contributed by atoms with van der Waals surface area (Å²) in [5, 5.41) is 7.23. The molecular formula is C19H25N3O3S. The molecule has 0 aliphatic heterocycles. The number of methoxy groups -OCH3 is 1. The number of nitrogens with zero attached hydrogens (tertiary/aromatic N) is 2. The van der Waals surface area contributed by atoms with Gasteiger partial charge < -0.3 is 14.6 Å². The van der Waals surface area contributed by atoms with Crippen molar-refractivity contribution in [2.24, 2.45) is 5.41 Å². The van der Waals surface area contributed by atoms with Gasteiger partial charge >= 0.3 is 5.97 Å². The van der Waals surface area contributed by atoms with Crippen LogP contribution in [0.15, 0.2) is 10.6 Å². The lowest BCUT2D eigenvalue weighted by Gasteiger charge is -2.10. The number of carbonyl (C=O) groups is 1. The molecular weight excluding hydrogens is 350 g/mol. The maximum Gasteiger partial charge on any atom is 0.350 e. The van der Waals surface area contributed by atoms with Crippen molar-refractivity contribution in [3.63, 3.8) is 0 Å².